The van der Waals surface area contributed by atoms with Gasteiger partial charge in [-0.05, 0) is 30.8 Å². The molecule has 2 aliphatic rings. The van der Waals surface area contributed by atoms with E-state index in [4.69, 9.17) is 9.47 Å². The Kier molecular flexibility index (Phi) is 4.54. The Balaban J connectivity index is 1.53. The van der Waals surface area contributed by atoms with E-state index in [2.05, 4.69) is 33.9 Å². The number of fused-ring (bicyclic) bond motifs is 1. The Morgan fingerprint density at radius 3 is 2.90 bits per heavy atom. The zero-order valence-electron chi connectivity index (χ0n) is 12.3. The molecule has 1 fully saturated rings. The molecule has 4 nitrogen and oxygen atoms in total. The summed E-state index contributed by atoms with van der Waals surface area (Å²) in [4.78, 5) is 2.18. The van der Waals surface area contributed by atoms with Crippen LogP contribution in [-0.2, 0) is 11.2 Å². The molecule has 0 bridgehead atoms. The fourth-order valence-electron chi connectivity index (χ4n) is 3.21. The van der Waals surface area contributed by atoms with E-state index in [0.29, 0.717) is 19.8 Å². The molecule has 1 aromatic rings. The molecule has 0 amide bonds. The molecule has 1 saturated heterocycles. The monoisotopic (exact) mass is 355 g/mol. The van der Waals surface area contributed by atoms with E-state index < -0.39 is 5.60 Å². The van der Waals surface area contributed by atoms with Crippen LogP contribution in [0.5, 0.6) is 5.75 Å². The molecule has 1 atom stereocenters. The number of rotatable bonds is 4. The standard InChI is InChI=1S/C16H22BrNO3/c1-18(11-16(19)4-6-20-7-5-16)10-14-9-12-8-13(17)2-3-15(12)21-14/h2-3,8,14,19H,4-7,9-11H2,1H3. The molecule has 1 unspecified atom stereocenters. The molecular weight excluding hydrogens is 334 g/mol. The Labute approximate surface area is 134 Å². The zero-order valence-corrected chi connectivity index (χ0v) is 13.9. The number of nitrogens with zero attached hydrogens (tertiary/aromatic N) is 1. The van der Waals surface area contributed by atoms with Crippen LogP contribution in [0.15, 0.2) is 22.7 Å². The van der Waals surface area contributed by atoms with Crippen molar-refractivity contribution < 1.29 is 14.6 Å². The summed E-state index contributed by atoms with van der Waals surface area (Å²) in [6.07, 6.45) is 2.54. The van der Waals surface area contributed by atoms with Crippen molar-refractivity contribution in [1.82, 2.24) is 4.90 Å². The van der Waals surface area contributed by atoms with E-state index >= 15 is 0 Å². The van der Waals surface area contributed by atoms with Crippen LogP contribution < -0.4 is 4.74 Å². The summed E-state index contributed by atoms with van der Waals surface area (Å²) in [7, 11) is 2.05. The van der Waals surface area contributed by atoms with Crippen molar-refractivity contribution in [2.75, 3.05) is 33.4 Å². The van der Waals surface area contributed by atoms with E-state index in [-0.39, 0.29) is 6.10 Å². The third-order valence-corrected chi connectivity index (χ3v) is 4.76. The average Bonchev–Trinajstić information content (AvgIpc) is 2.79. The molecule has 0 saturated carbocycles. The Morgan fingerprint density at radius 1 is 1.38 bits per heavy atom. The topological polar surface area (TPSA) is 41.9 Å². The highest BCUT2D eigenvalue weighted by Crippen LogP contribution is 2.31. The molecule has 2 aliphatic heterocycles. The highest BCUT2D eigenvalue weighted by molar-refractivity contribution is 9.10. The average molecular weight is 356 g/mol. The zero-order chi connectivity index (χ0) is 14.9. The molecule has 116 valence electrons. The van der Waals surface area contributed by atoms with Crippen molar-refractivity contribution in [3.05, 3.63) is 28.2 Å². The van der Waals surface area contributed by atoms with Gasteiger partial charge in [0.1, 0.15) is 11.9 Å². The van der Waals surface area contributed by atoms with Crippen LogP contribution in [-0.4, -0.2) is 55.1 Å². The Hall–Kier alpha value is -0.620. The van der Waals surface area contributed by atoms with Crippen molar-refractivity contribution in [3.8, 4) is 5.75 Å². The number of hydrogen-bond acceptors (Lipinski definition) is 4. The minimum absolute atomic E-state index is 0.169. The number of halogens is 1. The molecule has 0 aromatic heterocycles. The van der Waals surface area contributed by atoms with Gasteiger partial charge in [-0.15, -0.1) is 0 Å². The molecule has 0 radical (unpaired) electrons. The highest BCUT2D eigenvalue weighted by atomic mass is 79.9. The van der Waals surface area contributed by atoms with Gasteiger partial charge in [-0.1, -0.05) is 15.9 Å². The van der Waals surface area contributed by atoms with Gasteiger partial charge in [0.15, 0.2) is 0 Å². The van der Waals surface area contributed by atoms with Gasteiger partial charge in [-0.25, -0.2) is 0 Å². The van der Waals surface area contributed by atoms with Crippen molar-refractivity contribution in [1.29, 1.82) is 0 Å². The number of hydrogen-bond donors (Lipinski definition) is 1. The third kappa shape index (κ3) is 3.77. The fraction of sp³-hybridized carbons (Fsp3) is 0.625. The van der Waals surface area contributed by atoms with Crippen molar-refractivity contribution in [2.45, 2.75) is 31.0 Å². The van der Waals surface area contributed by atoms with E-state index in [0.717, 1.165) is 36.0 Å². The van der Waals surface area contributed by atoms with Gasteiger partial charge >= 0.3 is 0 Å². The Bertz CT molecular complexity index is 502. The van der Waals surface area contributed by atoms with Gasteiger partial charge in [0.25, 0.3) is 0 Å². The van der Waals surface area contributed by atoms with Crippen LogP contribution in [0.2, 0.25) is 0 Å². The predicted molar refractivity (Wildman–Crippen MR) is 84.8 cm³/mol. The first-order valence-corrected chi connectivity index (χ1v) is 8.27. The first kappa shape index (κ1) is 15.3. The van der Waals surface area contributed by atoms with Crippen LogP contribution in [0.4, 0.5) is 0 Å². The smallest absolute Gasteiger partial charge is 0.123 e. The quantitative estimate of drug-likeness (QED) is 0.899. The summed E-state index contributed by atoms with van der Waals surface area (Å²) < 4.78 is 12.4. The maximum absolute atomic E-state index is 10.6. The van der Waals surface area contributed by atoms with Crippen LogP contribution in [0.1, 0.15) is 18.4 Å². The van der Waals surface area contributed by atoms with Crippen molar-refractivity contribution >= 4 is 15.9 Å². The maximum Gasteiger partial charge on any atom is 0.123 e. The van der Waals surface area contributed by atoms with Crippen LogP contribution in [0, 0.1) is 0 Å². The van der Waals surface area contributed by atoms with Gasteiger partial charge in [-0.2, -0.15) is 0 Å². The molecule has 0 spiro atoms. The molecule has 5 heteroatoms. The summed E-state index contributed by atoms with van der Waals surface area (Å²) in [5.74, 6) is 0.987. The minimum atomic E-state index is -0.610. The maximum atomic E-state index is 10.6. The van der Waals surface area contributed by atoms with Crippen molar-refractivity contribution in [3.63, 3.8) is 0 Å². The second-order valence-electron chi connectivity index (χ2n) is 6.23. The lowest BCUT2D eigenvalue weighted by molar-refractivity contribution is -0.0789. The summed E-state index contributed by atoms with van der Waals surface area (Å²) in [5.41, 5.74) is 0.647. The number of ether oxygens (including phenoxy) is 2. The van der Waals surface area contributed by atoms with Crippen molar-refractivity contribution in [2.24, 2.45) is 0 Å². The molecule has 1 aromatic carbocycles. The van der Waals surface area contributed by atoms with Gasteiger partial charge in [0.05, 0.1) is 5.60 Å². The van der Waals surface area contributed by atoms with E-state index in [1.165, 1.54) is 5.56 Å². The van der Waals surface area contributed by atoms with Crippen LogP contribution >= 0.6 is 15.9 Å². The number of likely N-dealkylation sites (N-methyl/N-ethyl adjacent to an activating group) is 1. The summed E-state index contributed by atoms with van der Waals surface area (Å²) >= 11 is 3.50. The predicted octanol–water partition coefficient (Wildman–Crippen LogP) is 2.23. The van der Waals surface area contributed by atoms with Gasteiger partial charge in [-0.3, -0.25) is 4.90 Å². The second-order valence-corrected chi connectivity index (χ2v) is 7.15. The van der Waals surface area contributed by atoms with E-state index in [1.807, 2.05) is 12.1 Å². The summed E-state index contributed by atoms with van der Waals surface area (Å²) in [6.45, 7) is 2.82. The van der Waals surface area contributed by atoms with Gasteiger partial charge < -0.3 is 14.6 Å². The molecular formula is C16H22BrNO3. The lowest BCUT2D eigenvalue weighted by Crippen LogP contribution is -2.47. The minimum Gasteiger partial charge on any atom is -0.488 e. The first-order valence-electron chi connectivity index (χ1n) is 7.48. The van der Waals surface area contributed by atoms with Crippen LogP contribution in [0.25, 0.3) is 0 Å². The van der Waals surface area contributed by atoms with Gasteiger partial charge in [0, 0.05) is 50.0 Å². The molecule has 2 heterocycles. The largest absolute Gasteiger partial charge is 0.488 e. The number of aliphatic hydroxyl groups is 1. The first-order chi connectivity index (χ1) is 10.0. The number of benzene rings is 1. The molecule has 1 N–H and O–H groups in total. The Morgan fingerprint density at radius 2 is 2.14 bits per heavy atom. The normalized spacial score (nSPS) is 23.9. The fourth-order valence-corrected chi connectivity index (χ4v) is 3.62. The second kappa shape index (κ2) is 6.24. The molecule has 3 rings (SSSR count). The van der Waals surface area contributed by atoms with Crippen LogP contribution in [0.3, 0.4) is 0 Å². The van der Waals surface area contributed by atoms with E-state index in [1.54, 1.807) is 0 Å². The molecule has 21 heavy (non-hydrogen) atoms. The summed E-state index contributed by atoms with van der Waals surface area (Å²) in [5, 5.41) is 10.6. The SMILES string of the molecule is CN(CC1Cc2cc(Br)ccc2O1)CC1(O)CCOCC1. The van der Waals surface area contributed by atoms with E-state index in [9.17, 15) is 5.11 Å². The third-order valence-electron chi connectivity index (χ3n) is 4.27. The summed E-state index contributed by atoms with van der Waals surface area (Å²) in [6, 6.07) is 6.16. The lowest BCUT2D eigenvalue weighted by Gasteiger charge is -2.36. The van der Waals surface area contributed by atoms with Gasteiger partial charge in [0.2, 0.25) is 0 Å². The highest BCUT2D eigenvalue weighted by Gasteiger charge is 2.32. The lowest BCUT2D eigenvalue weighted by atomic mass is 9.94. The molecule has 0 aliphatic carbocycles.